The molecule has 1 N–H and O–H groups in total. The molecular formula is C11H18N2O3S. The van der Waals surface area contributed by atoms with E-state index in [0.717, 1.165) is 35.2 Å². The molecule has 0 spiro atoms. The van der Waals surface area contributed by atoms with Crippen molar-refractivity contribution in [2.75, 3.05) is 32.2 Å². The average molecular weight is 258 g/mol. The van der Waals surface area contributed by atoms with Crippen LogP contribution in [0.25, 0.3) is 0 Å². The van der Waals surface area contributed by atoms with E-state index in [4.69, 9.17) is 9.47 Å². The van der Waals surface area contributed by atoms with E-state index >= 15 is 0 Å². The molecule has 0 aromatic carbocycles. The average Bonchev–Trinajstić information content (AvgIpc) is 2.94. The molecule has 2 heterocycles. The van der Waals surface area contributed by atoms with Crippen LogP contribution in [0, 0.1) is 0 Å². The van der Waals surface area contributed by atoms with Gasteiger partial charge in [-0.05, 0) is 6.42 Å². The number of hydrogen-bond acceptors (Lipinski definition) is 6. The van der Waals surface area contributed by atoms with Gasteiger partial charge in [0.2, 0.25) is 0 Å². The SMILES string of the molecule is COCc1nc(N2CCC(OC)C2)sc1CO. The Hall–Kier alpha value is -0.690. The summed E-state index contributed by atoms with van der Waals surface area (Å²) in [5, 5.41) is 10.2. The van der Waals surface area contributed by atoms with Crippen LogP contribution in [0.2, 0.25) is 0 Å². The molecule has 1 aromatic rings. The molecule has 0 saturated carbocycles. The second-order valence-electron chi connectivity index (χ2n) is 4.05. The summed E-state index contributed by atoms with van der Waals surface area (Å²) in [4.78, 5) is 7.62. The monoisotopic (exact) mass is 258 g/mol. The van der Waals surface area contributed by atoms with Crippen LogP contribution in [0.1, 0.15) is 17.0 Å². The number of rotatable bonds is 5. The van der Waals surface area contributed by atoms with Crippen LogP contribution in [0.3, 0.4) is 0 Å². The number of aromatic nitrogens is 1. The highest BCUT2D eigenvalue weighted by Gasteiger charge is 2.25. The third-order valence-electron chi connectivity index (χ3n) is 2.94. The molecule has 6 heteroatoms. The van der Waals surface area contributed by atoms with Crippen LogP contribution in [0.4, 0.5) is 5.13 Å². The summed E-state index contributed by atoms with van der Waals surface area (Å²) in [6.07, 6.45) is 1.33. The number of nitrogens with zero attached hydrogens (tertiary/aromatic N) is 2. The standard InChI is InChI=1S/C11H18N2O3S/c1-15-7-9-10(6-14)17-11(12-9)13-4-3-8(5-13)16-2/h8,14H,3-7H2,1-2H3. The van der Waals surface area contributed by atoms with Gasteiger partial charge in [0.1, 0.15) is 0 Å². The second kappa shape index (κ2) is 5.77. The van der Waals surface area contributed by atoms with E-state index in [1.54, 1.807) is 14.2 Å². The number of hydrogen-bond donors (Lipinski definition) is 1. The molecule has 0 aliphatic carbocycles. The van der Waals surface area contributed by atoms with Crippen LogP contribution < -0.4 is 4.90 Å². The van der Waals surface area contributed by atoms with Crippen molar-refractivity contribution in [2.45, 2.75) is 25.7 Å². The van der Waals surface area contributed by atoms with Crippen molar-refractivity contribution in [3.63, 3.8) is 0 Å². The van der Waals surface area contributed by atoms with Crippen LogP contribution >= 0.6 is 11.3 Å². The lowest BCUT2D eigenvalue weighted by atomic mass is 10.3. The summed E-state index contributed by atoms with van der Waals surface area (Å²) in [6.45, 7) is 2.32. The Morgan fingerprint density at radius 1 is 1.53 bits per heavy atom. The maximum atomic E-state index is 9.27. The van der Waals surface area contributed by atoms with Gasteiger partial charge >= 0.3 is 0 Å². The van der Waals surface area contributed by atoms with Crippen molar-refractivity contribution >= 4 is 16.5 Å². The lowest BCUT2D eigenvalue weighted by molar-refractivity contribution is 0.121. The van der Waals surface area contributed by atoms with Gasteiger partial charge in [0.05, 0.1) is 29.9 Å². The fraction of sp³-hybridized carbons (Fsp3) is 0.727. The highest BCUT2D eigenvalue weighted by molar-refractivity contribution is 7.15. The number of ether oxygens (including phenoxy) is 2. The van der Waals surface area contributed by atoms with Crippen molar-refractivity contribution in [3.05, 3.63) is 10.6 Å². The second-order valence-corrected chi connectivity index (χ2v) is 5.11. The molecule has 5 nitrogen and oxygen atoms in total. The number of aliphatic hydroxyl groups excluding tert-OH is 1. The summed E-state index contributed by atoms with van der Waals surface area (Å²) < 4.78 is 10.4. The van der Waals surface area contributed by atoms with Gasteiger partial charge in [-0.25, -0.2) is 4.98 Å². The molecule has 1 fully saturated rings. The molecule has 1 unspecified atom stereocenters. The lowest BCUT2D eigenvalue weighted by Gasteiger charge is -2.13. The zero-order valence-corrected chi connectivity index (χ0v) is 11.0. The van der Waals surface area contributed by atoms with Crippen molar-refractivity contribution in [1.29, 1.82) is 0 Å². The molecular weight excluding hydrogens is 240 g/mol. The predicted octanol–water partition coefficient (Wildman–Crippen LogP) is 1.01. The number of aliphatic hydroxyl groups is 1. The molecule has 1 aliphatic rings. The van der Waals surface area contributed by atoms with E-state index in [2.05, 4.69) is 9.88 Å². The van der Waals surface area contributed by atoms with Crippen LogP contribution in [0.5, 0.6) is 0 Å². The van der Waals surface area contributed by atoms with Crippen LogP contribution in [-0.4, -0.2) is 43.5 Å². The molecule has 17 heavy (non-hydrogen) atoms. The van der Waals surface area contributed by atoms with Gasteiger partial charge in [-0.15, -0.1) is 0 Å². The summed E-state index contributed by atoms with van der Waals surface area (Å²) >= 11 is 1.54. The van der Waals surface area contributed by atoms with Crippen LogP contribution in [0.15, 0.2) is 0 Å². The summed E-state index contributed by atoms with van der Waals surface area (Å²) in [5.41, 5.74) is 0.843. The van der Waals surface area contributed by atoms with Gasteiger partial charge in [0.25, 0.3) is 0 Å². The first-order valence-electron chi connectivity index (χ1n) is 5.64. The number of thiazole rings is 1. The fourth-order valence-electron chi connectivity index (χ4n) is 1.97. The molecule has 0 amide bonds. The third kappa shape index (κ3) is 2.77. The van der Waals surface area contributed by atoms with Gasteiger partial charge in [-0.3, -0.25) is 0 Å². The highest BCUT2D eigenvalue weighted by Crippen LogP contribution is 2.29. The van der Waals surface area contributed by atoms with E-state index in [-0.39, 0.29) is 6.61 Å². The topological polar surface area (TPSA) is 54.8 Å². The van der Waals surface area contributed by atoms with Gasteiger partial charge in [0.15, 0.2) is 5.13 Å². The Morgan fingerprint density at radius 2 is 2.35 bits per heavy atom. The maximum Gasteiger partial charge on any atom is 0.186 e. The largest absolute Gasteiger partial charge is 0.391 e. The van der Waals surface area contributed by atoms with E-state index in [1.807, 2.05) is 0 Å². The Morgan fingerprint density at radius 3 is 2.94 bits per heavy atom. The number of methoxy groups -OCH3 is 2. The zero-order chi connectivity index (χ0) is 12.3. The minimum absolute atomic E-state index is 0.0257. The third-order valence-corrected chi connectivity index (χ3v) is 4.08. The van der Waals surface area contributed by atoms with E-state index in [0.29, 0.717) is 12.7 Å². The van der Waals surface area contributed by atoms with E-state index in [1.165, 1.54) is 11.3 Å². The number of anilines is 1. The molecule has 1 aliphatic heterocycles. The van der Waals surface area contributed by atoms with Crippen molar-refractivity contribution < 1.29 is 14.6 Å². The molecule has 2 rings (SSSR count). The lowest BCUT2D eigenvalue weighted by Crippen LogP contribution is -2.21. The maximum absolute atomic E-state index is 9.27. The first-order valence-corrected chi connectivity index (χ1v) is 6.46. The molecule has 1 atom stereocenters. The quantitative estimate of drug-likeness (QED) is 0.854. The normalized spacial score (nSPS) is 20.2. The fourth-order valence-corrected chi connectivity index (χ4v) is 2.93. The molecule has 0 bridgehead atoms. The molecule has 96 valence electrons. The molecule has 1 saturated heterocycles. The van der Waals surface area contributed by atoms with E-state index in [9.17, 15) is 5.11 Å². The Bertz CT molecular complexity index is 370. The van der Waals surface area contributed by atoms with Gasteiger partial charge in [-0.1, -0.05) is 11.3 Å². The zero-order valence-electron chi connectivity index (χ0n) is 10.2. The summed E-state index contributed by atoms with van der Waals surface area (Å²) in [7, 11) is 3.38. The minimum Gasteiger partial charge on any atom is -0.391 e. The van der Waals surface area contributed by atoms with Crippen LogP contribution in [-0.2, 0) is 22.7 Å². The summed E-state index contributed by atoms with van der Waals surface area (Å²) in [5.74, 6) is 0. The van der Waals surface area contributed by atoms with Crippen molar-refractivity contribution in [2.24, 2.45) is 0 Å². The molecule has 1 aromatic heterocycles. The van der Waals surface area contributed by atoms with Crippen molar-refractivity contribution in [3.8, 4) is 0 Å². The predicted molar refractivity (Wildman–Crippen MR) is 66.4 cm³/mol. The van der Waals surface area contributed by atoms with Crippen molar-refractivity contribution in [1.82, 2.24) is 4.98 Å². The first-order chi connectivity index (χ1) is 8.28. The van der Waals surface area contributed by atoms with Gasteiger partial charge in [0, 0.05) is 27.3 Å². The highest BCUT2D eigenvalue weighted by atomic mass is 32.1. The molecule has 0 radical (unpaired) electrons. The Kier molecular flexibility index (Phi) is 4.33. The van der Waals surface area contributed by atoms with Gasteiger partial charge in [-0.2, -0.15) is 0 Å². The smallest absolute Gasteiger partial charge is 0.186 e. The Balaban J connectivity index is 2.11. The summed E-state index contributed by atoms with van der Waals surface area (Å²) in [6, 6.07) is 0. The van der Waals surface area contributed by atoms with Gasteiger partial charge < -0.3 is 19.5 Å². The van der Waals surface area contributed by atoms with E-state index < -0.39 is 0 Å². The first kappa shape index (κ1) is 12.8. The Labute approximate surface area is 105 Å². The minimum atomic E-state index is 0.0257.